The normalized spacial score (nSPS) is 28.5. The van der Waals surface area contributed by atoms with Crippen molar-refractivity contribution in [2.24, 2.45) is 5.92 Å². The van der Waals surface area contributed by atoms with E-state index in [-0.39, 0.29) is 0 Å². The molecule has 0 amide bonds. The van der Waals surface area contributed by atoms with Crippen LogP contribution in [0.2, 0.25) is 0 Å². The smallest absolute Gasteiger partial charge is 0.107 e. The van der Waals surface area contributed by atoms with Gasteiger partial charge in [-0.15, -0.1) is 11.3 Å². The molecule has 0 unspecified atom stereocenters. The van der Waals surface area contributed by atoms with E-state index in [4.69, 9.17) is 0 Å². The van der Waals surface area contributed by atoms with Crippen LogP contribution in [0.1, 0.15) is 49.7 Å². The van der Waals surface area contributed by atoms with Crippen molar-refractivity contribution in [3.05, 3.63) is 16.1 Å². The Labute approximate surface area is 114 Å². The van der Waals surface area contributed by atoms with Gasteiger partial charge >= 0.3 is 0 Å². The fourth-order valence-electron chi connectivity index (χ4n) is 2.69. The van der Waals surface area contributed by atoms with Crippen molar-refractivity contribution in [2.75, 3.05) is 6.54 Å². The Morgan fingerprint density at radius 2 is 2.22 bits per heavy atom. The van der Waals surface area contributed by atoms with E-state index in [0.717, 1.165) is 36.0 Å². The molecule has 1 aromatic heterocycles. The van der Waals surface area contributed by atoms with E-state index in [1.54, 1.807) is 11.3 Å². The highest BCUT2D eigenvalue weighted by Crippen LogP contribution is 2.33. The molecule has 0 aliphatic heterocycles. The van der Waals surface area contributed by atoms with E-state index in [1.165, 1.54) is 19.3 Å². The lowest BCUT2D eigenvalue weighted by Crippen LogP contribution is -2.43. The summed E-state index contributed by atoms with van der Waals surface area (Å²) in [7, 11) is 0. The van der Waals surface area contributed by atoms with Crippen molar-refractivity contribution < 1.29 is 5.11 Å². The van der Waals surface area contributed by atoms with E-state index in [1.807, 2.05) is 6.92 Å². The van der Waals surface area contributed by atoms with Crippen LogP contribution in [-0.4, -0.2) is 22.2 Å². The molecule has 18 heavy (non-hydrogen) atoms. The molecule has 1 fully saturated rings. The first-order chi connectivity index (χ1) is 8.61. The van der Waals surface area contributed by atoms with Crippen LogP contribution < -0.4 is 5.32 Å². The quantitative estimate of drug-likeness (QED) is 0.863. The zero-order chi connectivity index (χ0) is 13.0. The van der Waals surface area contributed by atoms with Crippen molar-refractivity contribution in [3.8, 4) is 0 Å². The van der Waals surface area contributed by atoms with E-state index < -0.39 is 5.60 Å². The largest absolute Gasteiger partial charge is 0.389 e. The van der Waals surface area contributed by atoms with Crippen LogP contribution in [0.15, 0.2) is 5.38 Å². The van der Waals surface area contributed by atoms with Gasteiger partial charge in [0.25, 0.3) is 0 Å². The Morgan fingerprint density at radius 3 is 2.78 bits per heavy atom. The molecule has 102 valence electrons. The van der Waals surface area contributed by atoms with Crippen LogP contribution in [-0.2, 0) is 6.54 Å². The number of rotatable bonds is 5. The molecule has 1 saturated carbocycles. The van der Waals surface area contributed by atoms with Crippen molar-refractivity contribution in [2.45, 2.75) is 58.1 Å². The lowest BCUT2D eigenvalue weighted by molar-refractivity contribution is -0.00881. The molecular formula is C14H24N2OS. The Balaban J connectivity index is 1.73. The van der Waals surface area contributed by atoms with Gasteiger partial charge in [-0.1, -0.05) is 13.3 Å². The highest BCUT2D eigenvalue weighted by molar-refractivity contribution is 7.09. The predicted molar refractivity (Wildman–Crippen MR) is 75.8 cm³/mol. The van der Waals surface area contributed by atoms with Crippen molar-refractivity contribution in [3.63, 3.8) is 0 Å². The van der Waals surface area contributed by atoms with Crippen molar-refractivity contribution in [1.29, 1.82) is 0 Å². The van der Waals surface area contributed by atoms with E-state index >= 15 is 0 Å². The van der Waals surface area contributed by atoms with Gasteiger partial charge in [-0.2, -0.15) is 0 Å². The molecule has 4 heteroatoms. The van der Waals surface area contributed by atoms with E-state index in [2.05, 4.69) is 22.6 Å². The number of thiazole rings is 1. The molecule has 1 aliphatic rings. The molecule has 0 atom stereocenters. The van der Waals surface area contributed by atoms with Crippen LogP contribution in [0.3, 0.4) is 0 Å². The SMILES string of the molecule is CCC1CCC(O)(CNCc2nc(C)cs2)CC1. The summed E-state index contributed by atoms with van der Waals surface area (Å²) < 4.78 is 0. The Kier molecular flexibility index (Phi) is 4.76. The summed E-state index contributed by atoms with van der Waals surface area (Å²) in [5.74, 6) is 0.826. The summed E-state index contributed by atoms with van der Waals surface area (Å²) in [6.45, 7) is 5.73. The molecule has 1 aromatic rings. The molecule has 0 aromatic carbocycles. The van der Waals surface area contributed by atoms with Crippen LogP contribution in [0.25, 0.3) is 0 Å². The topological polar surface area (TPSA) is 45.1 Å². The molecular weight excluding hydrogens is 244 g/mol. The minimum Gasteiger partial charge on any atom is -0.389 e. The number of aromatic nitrogens is 1. The summed E-state index contributed by atoms with van der Waals surface area (Å²) in [6.07, 6.45) is 5.47. The number of nitrogens with one attached hydrogen (secondary N) is 1. The second kappa shape index (κ2) is 6.13. The summed E-state index contributed by atoms with van der Waals surface area (Å²) in [6, 6.07) is 0. The van der Waals surface area contributed by atoms with Crippen LogP contribution >= 0.6 is 11.3 Å². The maximum Gasteiger partial charge on any atom is 0.107 e. The third-order valence-corrected chi connectivity index (χ3v) is 4.98. The minimum absolute atomic E-state index is 0.488. The molecule has 1 aliphatic carbocycles. The zero-order valence-electron chi connectivity index (χ0n) is 11.4. The standard InChI is InChI=1S/C14H24N2OS/c1-3-12-4-6-14(17,7-5-12)10-15-8-13-16-11(2)9-18-13/h9,12,15,17H,3-8,10H2,1-2H3. The Hall–Kier alpha value is -0.450. The monoisotopic (exact) mass is 268 g/mol. The number of aryl methyl sites for hydroxylation is 1. The lowest BCUT2D eigenvalue weighted by atomic mass is 9.78. The fourth-order valence-corrected chi connectivity index (χ4v) is 3.43. The third kappa shape index (κ3) is 3.77. The summed E-state index contributed by atoms with van der Waals surface area (Å²) in [5, 5.41) is 17.0. The van der Waals surface area contributed by atoms with Gasteiger partial charge in [-0.25, -0.2) is 4.98 Å². The molecule has 0 bridgehead atoms. The van der Waals surface area contributed by atoms with Gasteiger partial charge in [0.2, 0.25) is 0 Å². The van der Waals surface area contributed by atoms with Gasteiger partial charge in [-0.3, -0.25) is 0 Å². The van der Waals surface area contributed by atoms with Crippen LogP contribution in [0, 0.1) is 12.8 Å². The minimum atomic E-state index is -0.488. The summed E-state index contributed by atoms with van der Waals surface area (Å²) in [5.41, 5.74) is 0.594. The second-order valence-corrected chi connectivity index (χ2v) is 6.50. The van der Waals surface area contributed by atoms with Crippen molar-refractivity contribution in [1.82, 2.24) is 10.3 Å². The van der Waals surface area contributed by atoms with Gasteiger partial charge in [0.15, 0.2) is 0 Å². The average Bonchev–Trinajstić information content (AvgIpc) is 2.76. The van der Waals surface area contributed by atoms with E-state index in [9.17, 15) is 5.11 Å². The lowest BCUT2D eigenvalue weighted by Gasteiger charge is -2.35. The molecule has 2 N–H and O–H groups in total. The maximum absolute atomic E-state index is 10.5. The van der Waals surface area contributed by atoms with Gasteiger partial charge in [0.1, 0.15) is 5.01 Å². The molecule has 2 rings (SSSR count). The number of nitrogens with zero attached hydrogens (tertiary/aromatic N) is 1. The highest BCUT2D eigenvalue weighted by atomic mass is 32.1. The average molecular weight is 268 g/mol. The molecule has 1 heterocycles. The Morgan fingerprint density at radius 1 is 1.50 bits per heavy atom. The number of hydrogen-bond donors (Lipinski definition) is 2. The number of aliphatic hydroxyl groups is 1. The molecule has 3 nitrogen and oxygen atoms in total. The second-order valence-electron chi connectivity index (χ2n) is 5.56. The van der Waals surface area contributed by atoms with Crippen LogP contribution in [0.4, 0.5) is 0 Å². The van der Waals surface area contributed by atoms with Gasteiger partial charge < -0.3 is 10.4 Å². The number of hydrogen-bond acceptors (Lipinski definition) is 4. The Bertz CT molecular complexity index is 370. The zero-order valence-corrected chi connectivity index (χ0v) is 12.2. The van der Waals surface area contributed by atoms with Crippen LogP contribution in [0.5, 0.6) is 0 Å². The fraction of sp³-hybridized carbons (Fsp3) is 0.786. The van der Waals surface area contributed by atoms with E-state index in [0.29, 0.717) is 6.54 Å². The van der Waals surface area contributed by atoms with Gasteiger partial charge in [-0.05, 0) is 38.5 Å². The predicted octanol–water partition coefficient (Wildman–Crippen LogP) is 2.87. The summed E-state index contributed by atoms with van der Waals surface area (Å²) >= 11 is 1.68. The molecule has 0 radical (unpaired) electrons. The third-order valence-electron chi connectivity index (χ3n) is 4.01. The van der Waals surface area contributed by atoms with Gasteiger partial charge in [0.05, 0.1) is 5.60 Å². The van der Waals surface area contributed by atoms with Crippen molar-refractivity contribution >= 4 is 11.3 Å². The molecule has 0 spiro atoms. The first kappa shape index (κ1) is 14.0. The molecule has 0 saturated heterocycles. The maximum atomic E-state index is 10.5. The first-order valence-electron chi connectivity index (χ1n) is 6.95. The summed E-state index contributed by atoms with van der Waals surface area (Å²) in [4.78, 5) is 4.42. The van der Waals surface area contributed by atoms with Gasteiger partial charge in [0, 0.05) is 24.2 Å². The highest BCUT2D eigenvalue weighted by Gasteiger charge is 2.32. The first-order valence-corrected chi connectivity index (χ1v) is 7.83.